The summed E-state index contributed by atoms with van der Waals surface area (Å²) in [5.74, 6) is 2.55. The summed E-state index contributed by atoms with van der Waals surface area (Å²) in [6.07, 6.45) is 1.01. The van der Waals surface area contributed by atoms with Gasteiger partial charge in [0.2, 0.25) is 0 Å². The Hall–Kier alpha value is -0.670. The number of hydrogen-bond acceptors (Lipinski definition) is 3. The van der Waals surface area contributed by atoms with Crippen molar-refractivity contribution in [1.82, 2.24) is 4.90 Å². The van der Waals surface area contributed by atoms with Crippen LogP contribution in [0.25, 0.3) is 0 Å². The third kappa shape index (κ3) is 4.54. The number of methoxy groups -OCH3 is 1. The molecule has 2 atom stereocenters. The highest BCUT2D eigenvalue weighted by Gasteiger charge is 2.14. The van der Waals surface area contributed by atoms with Crippen molar-refractivity contribution in [1.29, 1.82) is 0 Å². The molecule has 18 heavy (non-hydrogen) atoms. The second-order valence-electron chi connectivity index (χ2n) is 5.09. The molecule has 3 heteroatoms. The van der Waals surface area contributed by atoms with Crippen LogP contribution in [0.3, 0.4) is 0 Å². The van der Waals surface area contributed by atoms with Gasteiger partial charge in [0.1, 0.15) is 5.75 Å². The summed E-state index contributed by atoms with van der Waals surface area (Å²) < 4.78 is 5.40. The van der Waals surface area contributed by atoms with Crippen LogP contribution in [0.2, 0.25) is 0 Å². The van der Waals surface area contributed by atoms with E-state index in [1.165, 1.54) is 5.56 Å². The molecule has 0 fully saturated rings. The van der Waals surface area contributed by atoms with Crippen LogP contribution < -0.4 is 4.74 Å². The highest BCUT2D eigenvalue weighted by Crippen LogP contribution is 2.20. The largest absolute Gasteiger partial charge is 0.496 e. The summed E-state index contributed by atoms with van der Waals surface area (Å²) in [4.78, 5) is 2.40. The van der Waals surface area contributed by atoms with Gasteiger partial charge < -0.3 is 9.64 Å². The summed E-state index contributed by atoms with van der Waals surface area (Å²) >= 11 is 4.34. The maximum atomic E-state index is 5.40. The Morgan fingerprint density at radius 3 is 2.56 bits per heavy atom. The summed E-state index contributed by atoms with van der Waals surface area (Å²) in [6, 6.07) is 8.76. The molecule has 1 aromatic rings. The summed E-state index contributed by atoms with van der Waals surface area (Å²) in [6.45, 7) is 5.58. The van der Waals surface area contributed by atoms with Crippen molar-refractivity contribution in [2.45, 2.75) is 26.3 Å². The van der Waals surface area contributed by atoms with E-state index < -0.39 is 0 Å². The van der Waals surface area contributed by atoms with Crippen LogP contribution in [-0.2, 0) is 6.42 Å². The van der Waals surface area contributed by atoms with Gasteiger partial charge >= 0.3 is 0 Å². The number of thiol groups is 1. The molecule has 0 amide bonds. The Morgan fingerprint density at radius 1 is 1.28 bits per heavy atom. The number of para-hydroxylation sites is 1. The minimum Gasteiger partial charge on any atom is -0.496 e. The van der Waals surface area contributed by atoms with Crippen LogP contribution >= 0.6 is 12.6 Å². The lowest BCUT2D eigenvalue weighted by atomic mass is 10.0. The van der Waals surface area contributed by atoms with Gasteiger partial charge in [0.05, 0.1) is 7.11 Å². The molecule has 0 saturated heterocycles. The minimum absolute atomic E-state index is 0.503. The lowest BCUT2D eigenvalue weighted by Crippen LogP contribution is -2.34. The second-order valence-corrected chi connectivity index (χ2v) is 5.46. The Kier molecular flexibility index (Phi) is 6.58. The SMILES string of the molecule is COc1ccccc1CC(C)N(C)CC(C)CS. The van der Waals surface area contributed by atoms with Gasteiger partial charge in [-0.15, -0.1) is 0 Å². The zero-order chi connectivity index (χ0) is 13.5. The van der Waals surface area contributed by atoms with Crippen LogP contribution in [0.1, 0.15) is 19.4 Å². The number of rotatable bonds is 7. The zero-order valence-corrected chi connectivity index (χ0v) is 12.8. The molecule has 0 bridgehead atoms. The topological polar surface area (TPSA) is 12.5 Å². The molecule has 0 aromatic heterocycles. The number of likely N-dealkylation sites (N-methyl/N-ethyl adjacent to an activating group) is 1. The molecular weight excluding hydrogens is 242 g/mol. The Morgan fingerprint density at radius 2 is 1.94 bits per heavy atom. The molecule has 0 aliphatic heterocycles. The first-order chi connectivity index (χ1) is 8.58. The quantitative estimate of drug-likeness (QED) is 0.762. The predicted octanol–water partition coefficient (Wildman–Crippen LogP) is 3.12. The van der Waals surface area contributed by atoms with Gasteiger partial charge in [0, 0.05) is 12.6 Å². The fourth-order valence-electron chi connectivity index (χ4n) is 2.07. The second kappa shape index (κ2) is 7.70. The van der Waals surface area contributed by atoms with Gasteiger partial charge in [0.15, 0.2) is 0 Å². The number of benzene rings is 1. The van der Waals surface area contributed by atoms with Crippen molar-refractivity contribution in [3.8, 4) is 5.75 Å². The first-order valence-corrected chi connectivity index (χ1v) is 7.14. The highest BCUT2D eigenvalue weighted by atomic mass is 32.1. The van der Waals surface area contributed by atoms with Gasteiger partial charge in [-0.05, 0) is 43.7 Å². The molecule has 0 spiro atoms. The van der Waals surface area contributed by atoms with Crippen molar-refractivity contribution >= 4 is 12.6 Å². The summed E-state index contributed by atoms with van der Waals surface area (Å²) in [5.41, 5.74) is 1.28. The third-order valence-corrected chi connectivity index (χ3v) is 3.99. The van der Waals surface area contributed by atoms with Gasteiger partial charge in [-0.25, -0.2) is 0 Å². The molecule has 0 aliphatic carbocycles. The molecular formula is C15H25NOS. The number of nitrogens with zero attached hydrogens (tertiary/aromatic N) is 1. The van der Waals surface area contributed by atoms with E-state index in [0.717, 1.165) is 24.5 Å². The van der Waals surface area contributed by atoms with E-state index in [-0.39, 0.29) is 0 Å². The van der Waals surface area contributed by atoms with Crippen LogP contribution in [0.4, 0.5) is 0 Å². The van der Waals surface area contributed by atoms with Crippen molar-refractivity contribution in [3.05, 3.63) is 29.8 Å². The smallest absolute Gasteiger partial charge is 0.122 e. The molecule has 0 N–H and O–H groups in total. The molecule has 1 rings (SSSR count). The van der Waals surface area contributed by atoms with Crippen molar-refractivity contribution in [2.24, 2.45) is 5.92 Å². The minimum atomic E-state index is 0.503. The lowest BCUT2D eigenvalue weighted by Gasteiger charge is -2.27. The van der Waals surface area contributed by atoms with Crippen LogP contribution in [0.15, 0.2) is 24.3 Å². The van der Waals surface area contributed by atoms with E-state index in [0.29, 0.717) is 12.0 Å². The van der Waals surface area contributed by atoms with E-state index in [2.05, 4.69) is 50.6 Å². The maximum absolute atomic E-state index is 5.40. The zero-order valence-electron chi connectivity index (χ0n) is 11.9. The molecule has 102 valence electrons. The molecule has 0 saturated carbocycles. The normalized spacial score (nSPS) is 14.6. The molecule has 0 radical (unpaired) electrons. The summed E-state index contributed by atoms with van der Waals surface area (Å²) in [5, 5.41) is 0. The average molecular weight is 267 g/mol. The number of hydrogen-bond donors (Lipinski definition) is 1. The van der Waals surface area contributed by atoms with Crippen molar-refractivity contribution in [3.63, 3.8) is 0 Å². The molecule has 2 unspecified atom stereocenters. The van der Waals surface area contributed by atoms with Crippen molar-refractivity contribution < 1.29 is 4.74 Å². The Labute approximate surface area is 117 Å². The standard InChI is InChI=1S/C15H25NOS/c1-12(11-18)10-16(3)13(2)9-14-7-5-6-8-15(14)17-4/h5-8,12-13,18H,9-11H2,1-4H3. The van der Waals surface area contributed by atoms with Crippen LogP contribution in [0.5, 0.6) is 5.75 Å². The Bertz CT molecular complexity index is 356. The third-order valence-electron chi connectivity index (χ3n) is 3.37. The van der Waals surface area contributed by atoms with Gasteiger partial charge in [-0.1, -0.05) is 25.1 Å². The van der Waals surface area contributed by atoms with E-state index in [4.69, 9.17) is 4.74 Å². The van der Waals surface area contributed by atoms with E-state index >= 15 is 0 Å². The fourth-order valence-corrected chi connectivity index (χ4v) is 2.19. The molecule has 0 heterocycles. The van der Waals surface area contributed by atoms with E-state index in [1.807, 2.05) is 12.1 Å². The monoisotopic (exact) mass is 267 g/mol. The maximum Gasteiger partial charge on any atom is 0.122 e. The van der Waals surface area contributed by atoms with E-state index in [9.17, 15) is 0 Å². The van der Waals surface area contributed by atoms with Gasteiger partial charge in [-0.3, -0.25) is 0 Å². The molecule has 1 aromatic carbocycles. The van der Waals surface area contributed by atoms with Gasteiger partial charge in [-0.2, -0.15) is 12.6 Å². The lowest BCUT2D eigenvalue weighted by molar-refractivity contribution is 0.230. The molecule has 0 aliphatic rings. The molecule has 2 nitrogen and oxygen atoms in total. The fraction of sp³-hybridized carbons (Fsp3) is 0.600. The van der Waals surface area contributed by atoms with Crippen LogP contribution in [0, 0.1) is 5.92 Å². The highest BCUT2D eigenvalue weighted by molar-refractivity contribution is 7.80. The summed E-state index contributed by atoms with van der Waals surface area (Å²) in [7, 11) is 3.91. The Balaban J connectivity index is 2.60. The van der Waals surface area contributed by atoms with Gasteiger partial charge in [0.25, 0.3) is 0 Å². The first kappa shape index (κ1) is 15.4. The number of ether oxygens (including phenoxy) is 1. The first-order valence-electron chi connectivity index (χ1n) is 6.51. The van der Waals surface area contributed by atoms with E-state index in [1.54, 1.807) is 7.11 Å². The average Bonchev–Trinajstić information content (AvgIpc) is 2.39. The van der Waals surface area contributed by atoms with Crippen LogP contribution in [-0.4, -0.2) is 37.4 Å². The van der Waals surface area contributed by atoms with Crippen molar-refractivity contribution in [2.75, 3.05) is 26.5 Å². The predicted molar refractivity (Wildman–Crippen MR) is 81.8 cm³/mol.